The highest BCUT2D eigenvalue weighted by Gasteiger charge is 2.58. The largest absolute Gasteiger partial charge is 0.452 e. The predicted octanol–water partition coefficient (Wildman–Crippen LogP) is 8.79. The van der Waals surface area contributed by atoms with Gasteiger partial charge in [0.1, 0.15) is 42.7 Å². The number of fused-ring (bicyclic) bond motifs is 1. The summed E-state index contributed by atoms with van der Waals surface area (Å²) >= 11 is 2.19. The van der Waals surface area contributed by atoms with Crippen LogP contribution >= 0.6 is 22.6 Å². The number of halogens is 1. The van der Waals surface area contributed by atoms with Crippen LogP contribution in [0, 0.1) is 14.9 Å². The first-order valence-electron chi connectivity index (χ1n) is 23.7. The van der Waals surface area contributed by atoms with E-state index in [4.69, 9.17) is 52.1 Å². The van der Waals surface area contributed by atoms with Crippen LogP contribution in [0.1, 0.15) is 43.0 Å². The van der Waals surface area contributed by atoms with Crippen molar-refractivity contribution < 1.29 is 61.7 Å². The first-order valence-corrected chi connectivity index (χ1v) is 24.8. The van der Waals surface area contributed by atoms with Gasteiger partial charge in [-0.05, 0) is 75.2 Å². The molecule has 3 saturated heterocycles. The van der Waals surface area contributed by atoms with Crippen LogP contribution in [-0.4, -0.2) is 99.5 Å². The monoisotopic (exact) mass is 1090 g/mol. The topological polar surface area (TPSA) is 159 Å². The number of benzene rings is 6. The third kappa shape index (κ3) is 12.6. The predicted molar refractivity (Wildman–Crippen MR) is 269 cm³/mol. The molecule has 14 nitrogen and oxygen atoms in total. The summed E-state index contributed by atoms with van der Waals surface area (Å²) in [5, 5.41) is 10.8. The number of hydrogen-bond acceptors (Lipinski definition) is 14. The summed E-state index contributed by atoms with van der Waals surface area (Å²) in [6, 6.07) is 55.8. The van der Waals surface area contributed by atoms with Gasteiger partial charge in [-0.1, -0.05) is 146 Å². The van der Waals surface area contributed by atoms with Gasteiger partial charge in [0.25, 0.3) is 5.79 Å². The second kappa shape index (κ2) is 24.7. The molecule has 0 saturated carbocycles. The molecule has 0 amide bonds. The van der Waals surface area contributed by atoms with Gasteiger partial charge in [0.15, 0.2) is 24.8 Å². The van der Waals surface area contributed by atoms with E-state index in [1.54, 1.807) is 60.7 Å². The quantitative estimate of drug-likeness (QED) is 0.0560. The summed E-state index contributed by atoms with van der Waals surface area (Å²) in [5.41, 5.74) is 4.01. The molecule has 11 atom stereocenters. The Bertz CT molecular complexity index is 2700. The average molecular weight is 1090 g/mol. The third-order valence-corrected chi connectivity index (χ3v) is 13.6. The van der Waals surface area contributed by atoms with Gasteiger partial charge in [0.2, 0.25) is 0 Å². The Morgan fingerprint density at radius 3 is 1.60 bits per heavy atom. The van der Waals surface area contributed by atoms with Crippen LogP contribution < -0.4 is 0 Å². The lowest BCUT2D eigenvalue weighted by molar-refractivity contribution is -0.380. The van der Waals surface area contributed by atoms with E-state index in [0.717, 1.165) is 25.8 Å². The molecule has 3 aliphatic heterocycles. The Hall–Kier alpha value is -5.88. The van der Waals surface area contributed by atoms with Crippen LogP contribution in [0.3, 0.4) is 0 Å². The van der Waals surface area contributed by atoms with E-state index < -0.39 is 79.1 Å². The van der Waals surface area contributed by atoms with E-state index in [1.807, 2.05) is 115 Å². The van der Waals surface area contributed by atoms with Gasteiger partial charge in [-0.15, -0.1) is 0 Å². The van der Waals surface area contributed by atoms with Gasteiger partial charge in [0.05, 0.1) is 44.2 Å². The Morgan fingerprint density at radius 2 is 1.07 bits per heavy atom. The van der Waals surface area contributed by atoms with E-state index >= 15 is 0 Å². The standard InChI is InChI=1S/C57H54INO13/c1-62-55-51(65-34-40-23-11-4-12-24-40)49(64-33-39-21-9-3-10-22-39)47(63-32-38-19-7-2-8-20-38)45(68-55)35-66-56-52(71-54(61)42-27-15-6-16-28-42)50(70-53(60)41-25-13-5-14-26-41)48-46(69-56)36-67-57(37-59,72-48)31-43-29-17-18-30-44(43)58/h2-30,45-52,55-56H,31-36H2,1H3/t45-,46-,47-,48+,49+,50+,51-,52-,55+,56-,57-/m1/s1. The van der Waals surface area contributed by atoms with Gasteiger partial charge in [0, 0.05) is 17.1 Å². The zero-order chi connectivity index (χ0) is 49.7. The number of methoxy groups -OCH3 is 1. The zero-order valence-corrected chi connectivity index (χ0v) is 41.5. The maximum absolute atomic E-state index is 14.2. The number of esters is 2. The van der Waals surface area contributed by atoms with E-state index in [0.29, 0.717) is 0 Å². The Morgan fingerprint density at radius 1 is 0.583 bits per heavy atom. The van der Waals surface area contributed by atoms with Crippen LogP contribution in [0.25, 0.3) is 0 Å². The van der Waals surface area contributed by atoms with Gasteiger partial charge in [-0.25, -0.2) is 9.59 Å². The summed E-state index contributed by atoms with van der Waals surface area (Å²) in [4.78, 5) is 28.4. The van der Waals surface area contributed by atoms with Crippen molar-refractivity contribution in [1.29, 1.82) is 5.26 Å². The normalized spacial score (nSPS) is 26.9. The van der Waals surface area contributed by atoms with Crippen molar-refractivity contribution in [1.82, 2.24) is 0 Å². The number of nitriles is 1. The first kappa shape index (κ1) is 51.0. The molecule has 0 spiro atoms. The minimum absolute atomic E-state index is 0.0349. The maximum Gasteiger partial charge on any atom is 0.338 e. The Labute approximate surface area is 432 Å². The first-order chi connectivity index (χ1) is 35.3. The number of hydrogen-bond donors (Lipinski definition) is 0. The minimum Gasteiger partial charge on any atom is -0.452 e. The lowest BCUT2D eigenvalue weighted by Crippen LogP contribution is -2.68. The van der Waals surface area contributed by atoms with Gasteiger partial charge in [-0.3, -0.25) is 0 Å². The smallest absolute Gasteiger partial charge is 0.338 e. The van der Waals surface area contributed by atoms with E-state index in [9.17, 15) is 14.9 Å². The van der Waals surface area contributed by atoms with Crippen LogP contribution in [0.15, 0.2) is 176 Å². The van der Waals surface area contributed by atoms with E-state index in [-0.39, 0.29) is 50.6 Å². The molecular weight excluding hydrogens is 1030 g/mol. The number of ether oxygens (including phenoxy) is 11. The molecule has 15 heteroatoms. The fraction of sp³-hybridized carbons (Fsp3) is 0.316. The third-order valence-electron chi connectivity index (χ3n) is 12.6. The van der Waals surface area contributed by atoms with Crippen molar-refractivity contribution in [3.63, 3.8) is 0 Å². The molecule has 3 fully saturated rings. The van der Waals surface area contributed by atoms with Crippen molar-refractivity contribution in [2.24, 2.45) is 0 Å². The molecule has 3 aliphatic rings. The average Bonchev–Trinajstić information content (AvgIpc) is 3.43. The number of carbonyl (C=O) groups is 2. The van der Waals surface area contributed by atoms with Gasteiger partial charge < -0.3 is 52.1 Å². The Kier molecular flexibility index (Phi) is 17.5. The molecule has 0 radical (unpaired) electrons. The summed E-state index contributed by atoms with van der Waals surface area (Å²) in [6.45, 7) is 0.192. The number of carbonyl (C=O) groups excluding carboxylic acids is 2. The molecule has 0 aromatic heterocycles. The van der Waals surface area contributed by atoms with Crippen molar-refractivity contribution in [3.05, 3.63) is 213 Å². The molecule has 6 aromatic rings. The molecule has 3 heterocycles. The molecule has 0 aliphatic carbocycles. The summed E-state index contributed by atoms with van der Waals surface area (Å²) in [7, 11) is 1.53. The van der Waals surface area contributed by atoms with Crippen LogP contribution in [0.5, 0.6) is 0 Å². The lowest BCUT2D eigenvalue weighted by Gasteiger charge is -2.50. The molecular formula is C57H54INO13. The summed E-state index contributed by atoms with van der Waals surface area (Å²) in [6.07, 6.45) is -10.8. The molecule has 0 N–H and O–H groups in total. The molecule has 72 heavy (non-hydrogen) atoms. The fourth-order valence-electron chi connectivity index (χ4n) is 8.89. The van der Waals surface area contributed by atoms with Gasteiger partial charge >= 0.3 is 11.9 Å². The van der Waals surface area contributed by atoms with Crippen LogP contribution in [-0.2, 0) is 78.3 Å². The highest BCUT2D eigenvalue weighted by molar-refractivity contribution is 14.1. The van der Waals surface area contributed by atoms with Crippen LogP contribution in [0.2, 0.25) is 0 Å². The zero-order valence-electron chi connectivity index (χ0n) is 39.4. The second-order valence-electron chi connectivity index (χ2n) is 17.4. The fourth-order valence-corrected chi connectivity index (χ4v) is 9.47. The van der Waals surface area contributed by atoms with Gasteiger partial charge in [-0.2, -0.15) is 5.26 Å². The molecule has 0 bridgehead atoms. The second-order valence-corrected chi connectivity index (χ2v) is 18.6. The molecule has 6 aromatic carbocycles. The van der Waals surface area contributed by atoms with Crippen molar-refractivity contribution in [2.45, 2.75) is 93.4 Å². The molecule has 0 unspecified atom stereocenters. The maximum atomic E-state index is 14.2. The van der Waals surface area contributed by atoms with E-state index in [2.05, 4.69) is 28.7 Å². The number of rotatable bonds is 19. The summed E-state index contributed by atoms with van der Waals surface area (Å²) in [5.74, 6) is -3.32. The molecule has 372 valence electrons. The highest BCUT2D eigenvalue weighted by atomic mass is 127. The van der Waals surface area contributed by atoms with Crippen molar-refractivity contribution in [2.75, 3.05) is 20.3 Å². The highest BCUT2D eigenvalue weighted by Crippen LogP contribution is 2.39. The van der Waals surface area contributed by atoms with Crippen molar-refractivity contribution >= 4 is 34.5 Å². The Balaban J connectivity index is 1.06. The number of nitrogens with zero attached hydrogens (tertiary/aromatic N) is 1. The van der Waals surface area contributed by atoms with Crippen molar-refractivity contribution in [3.8, 4) is 6.07 Å². The van der Waals surface area contributed by atoms with E-state index in [1.165, 1.54) is 7.11 Å². The lowest BCUT2D eigenvalue weighted by atomic mass is 9.95. The van der Waals surface area contributed by atoms with Crippen LogP contribution in [0.4, 0.5) is 0 Å². The SMILES string of the molecule is CO[C@H]1O[C@H](CO[C@@H]2O[C@@H]3CO[C@](C#N)(Cc4ccccc4I)O[C@@H]3[C@H](OC(=O)c3ccccc3)[C@H]2OC(=O)c2ccccc2)[C@@H](OCc2ccccc2)[C@H](OCc2ccccc2)[C@H]1OCc1ccccc1. The minimum atomic E-state index is -1.84. The summed E-state index contributed by atoms with van der Waals surface area (Å²) < 4.78 is 73.0. The molecule has 9 rings (SSSR count).